The van der Waals surface area contributed by atoms with Crippen molar-refractivity contribution in [3.05, 3.63) is 103 Å². The molecule has 0 heterocycles. The van der Waals surface area contributed by atoms with Crippen molar-refractivity contribution in [1.82, 2.24) is 0 Å². The summed E-state index contributed by atoms with van der Waals surface area (Å²) in [5.74, 6) is 0.410. The highest BCUT2D eigenvalue weighted by Crippen LogP contribution is 2.46. The minimum atomic E-state index is 0.410. The Morgan fingerprint density at radius 3 is 1.55 bits per heavy atom. The minimum absolute atomic E-state index is 0.410. The highest BCUT2D eigenvalue weighted by atomic mass is 35.5. The fourth-order valence-electron chi connectivity index (χ4n) is 5.11. The third-order valence-electron chi connectivity index (χ3n) is 6.37. The summed E-state index contributed by atoms with van der Waals surface area (Å²) in [7, 11) is 0. The summed E-state index contributed by atoms with van der Waals surface area (Å²) in [6, 6.07) is 34.0. The van der Waals surface area contributed by atoms with Gasteiger partial charge in [0.15, 0.2) is 0 Å². The smallest absolute Gasteiger partial charge is 0.0486 e. The Hall–Kier alpha value is -3.55. The number of nitrogens with two attached hydrogens (primary N) is 1. The van der Waals surface area contributed by atoms with E-state index in [0.29, 0.717) is 5.88 Å². The summed E-state index contributed by atoms with van der Waals surface area (Å²) in [6.45, 7) is 0. The quantitative estimate of drug-likeness (QED) is 0.171. The van der Waals surface area contributed by atoms with E-state index in [4.69, 9.17) is 17.3 Å². The van der Waals surface area contributed by atoms with E-state index >= 15 is 0 Å². The second-order valence-electron chi connectivity index (χ2n) is 7.96. The van der Waals surface area contributed by atoms with Crippen molar-refractivity contribution in [3.8, 4) is 11.1 Å². The van der Waals surface area contributed by atoms with E-state index < -0.39 is 0 Å². The van der Waals surface area contributed by atoms with Gasteiger partial charge in [-0.15, -0.1) is 11.6 Å². The highest BCUT2D eigenvalue weighted by molar-refractivity contribution is 6.35. The fraction of sp³-hybridized carbons (Fsp3) is 0.0345. The first-order valence-corrected chi connectivity index (χ1v) is 11.0. The van der Waals surface area contributed by atoms with Gasteiger partial charge >= 0.3 is 0 Å². The maximum atomic E-state index is 6.72. The molecule has 2 heteroatoms. The van der Waals surface area contributed by atoms with Crippen LogP contribution in [0.4, 0.5) is 5.69 Å². The zero-order chi connectivity index (χ0) is 20.9. The van der Waals surface area contributed by atoms with Gasteiger partial charge in [0.1, 0.15) is 0 Å². The number of para-hydroxylation sites is 1. The first kappa shape index (κ1) is 18.2. The van der Waals surface area contributed by atoms with Gasteiger partial charge in [0.2, 0.25) is 0 Å². The third-order valence-corrected chi connectivity index (χ3v) is 6.63. The predicted molar refractivity (Wildman–Crippen MR) is 136 cm³/mol. The molecule has 0 bridgehead atoms. The number of hydrogen-bond acceptors (Lipinski definition) is 1. The average Bonchev–Trinajstić information content (AvgIpc) is 2.83. The molecule has 0 spiro atoms. The molecule has 2 N–H and O–H groups in total. The monoisotopic (exact) mass is 417 g/mol. The molecule has 148 valence electrons. The molecular weight excluding hydrogens is 398 g/mol. The van der Waals surface area contributed by atoms with Crippen LogP contribution in [0.5, 0.6) is 0 Å². The molecule has 0 amide bonds. The van der Waals surface area contributed by atoms with Crippen LogP contribution in [0.2, 0.25) is 0 Å². The molecule has 0 radical (unpaired) electrons. The Kier molecular flexibility index (Phi) is 4.12. The molecule has 0 aliphatic carbocycles. The maximum absolute atomic E-state index is 6.72. The second kappa shape index (κ2) is 7.01. The molecule has 0 aliphatic rings. The van der Waals surface area contributed by atoms with Gasteiger partial charge in [-0.05, 0) is 60.3 Å². The Morgan fingerprint density at radius 2 is 0.968 bits per heavy atom. The van der Waals surface area contributed by atoms with Crippen LogP contribution in [0.15, 0.2) is 97.1 Å². The van der Waals surface area contributed by atoms with E-state index in [9.17, 15) is 0 Å². The predicted octanol–water partition coefficient (Wildman–Crippen LogP) is 8.29. The Balaban J connectivity index is 2.01. The summed E-state index contributed by atoms with van der Waals surface area (Å²) in [5.41, 5.74) is 10.5. The lowest BCUT2D eigenvalue weighted by Crippen LogP contribution is -1.97. The van der Waals surface area contributed by atoms with Crippen LogP contribution in [0.25, 0.3) is 54.2 Å². The van der Waals surface area contributed by atoms with E-state index in [-0.39, 0.29) is 0 Å². The molecule has 0 atom stereocenters. The number of alkyl halides is 1. The molecule has 6 rings (SSSR count). The van der Waals surface area contributed by atoms with Gasteiger partial charge in [0.05, 0.1) is 0 Å². The summed E-state index contributed by atoms with van der Waals surface area (Å²) in [6.07, 6.45) is 0. The van der Waals surface area contributed by atoms with Gasteiger partial charge in [-0.2, -0.15) is 0 Å². The lowest BCUT2D eigenvalue weighted by atomic mass is 9.83. The van der Waals surface area contributed by atoms with E-state index in [1.807, 2.05) is 18.2 Å². The topological polar surface area (TPSA) is 26.0 Å². The molecule has 0 unspecified atom stereocenters. The van der Waals surface area contributed by atoms with Crippen LogP contribution in [0, 0.1) is 0 Å². The molecule has 0 saturated heterocycles. The van der Waals surface area contributed by atoms with Crippen molar-refractivity contribution in [3.63, 3.8) is 0 Å². The van der Waals surface area contributed by atoms with Crippen molar-refractivity contribution in [2.24, 2.45) is 0 Å². The zero-order valence-corrected chi connectivity index (χ0v) is 17.7. The zero-order valence-electron chi connectivity index (χ0n) is 16.9. The number of hydrogen-bond donors (Lipinski definition) is 1. The second-order valence-corrected chi connectivity index (χ2v) is 8.23. The SMILES string of the molecule is Nc1ccccc1-c1c(CCl)c2c3ccccc3c3ccccc3c2c2ccccc12. The van der Waals surface area contributed by atoms with Gasteiger partial charge < -0.3 is 5.73 Å². The molecule has 1 nitrogen and oxygen atoms in total. The van der Waals surface area contributed by atoms with Crippen molar-refractivity contribution in [2.75, 3.05) is 5.73 Å². The first-order chi connectivity index (χ1) is 15.3. The summed E-state index contributed by atoms with van der Waals surface area (Å²) >= 11 is 6.72. The molecule has 31 heavy (non-hydrogen) atoms. The number of anilines is 1. The number of benzene rings is 6. The number of rotatable bonds is 2. The standard InChI is InChI=1S/C29H20ClN/c30-17-25-27(24-15-7-8-16-26(24)31)22-13-5-6-14-23(22)28-20-11-3-1-9-18(20)19-10-2-4-12-21(19)29(25)28/h1-16H,17,31H2. The lowest BCUT2D eigenvalue weighted by Gasteiger charge is -2.21. The molecule has 0 aromatic heterocycles. The van der Waals surface area contributed by atoms with Crippen LogP contribution in [0.3, 0.4) is 0 Å². The number of fused-ring (bicyclic) bond motifs is 8. The summed E-state index contributed by atoms with van der Waals surface area (Å²) in [4.78, 5) is 0. The van der Waals surface area contributed by atoms with Gasteiger partial charge in [0, 0.05) is 17.1 Å². The molecule has 6 aromatic carbocycles. The summed E-state index contributed by atoms with van der Waals surface area (Å²) < 4.78 is 0. The number of nitrogen functional groups attached to an aromatic ring is 1. The van der Waals surface area contributed by atoms with E-state index in [1.165, 1.54) is 43.1 Å². The van der Waals surface area contributed by atoms with Gasteiger partial charge in [-0.3, -0.25) is 0 Å². The van der Waals surface area contributed by atoms with Crippen LogP contribution >= 0.6 is 11.6 Å². The third kappa shape index (κ3) is 2.57. The van der Waals surface area contributed by atoms with Gasteiger partial charge in [-0.1, -0.05) is 91.0 Å². The van der Waals surface area contributed by atoms with Crippen molar-refractivity contribution >= 4 is 60.4 Å². The molecule has 6 aromatic rings. The van der Waals surface area contributed by atoms with Crippen molar-refractivity contribution < 1.29 is 0 Å². The van der Waals surface area contributed by atoms with Crippen LogP contribution in [-0.4, -0.2) is 0 Å². The Morgan fingerprint density at radius 1 is 0.516 bits per heavy atom. The van der Waals surface area contributed by atoms with Crippen molar-refractivity contribution in [2.45, 2.75) is 5.88 Å². The Labute approximate surface area is 185 Å². The molecule has 0 saturated carbocycles. The Bertz CT molecular complexity index is 1630. The van der Waals surface area contributed by atoms with Crippen LogP contribution in [0.1, 0.15) is 5.56 Å². The maximum Gasteiger partial charge on any atom is 0.0486 e. The normalized spacial score (nSPS) is 11.6. The lowest BCUT2D eigenvalue weighted by molar-refractivity contribution is 1.47. The molecular formula is C29H20ClN. The van der Waals surface area contributed by atoms with Crippen LogP contribution in [-0.2, 0) is 5.88 Å². The fourth-order valence-corrected chi connectivity index (χ4v) is 5.37. The number of halogens is 1. The van der Waals surface area contributed by atoms with Gasteiger partial charge in [-0.25, -0.2) is 0 Å². The average molecular weight is 418 g/mol. The van der Waals surface area contributed by atoms with E-state index in [2.05, 4.69) is 78.9 Å². The van der Waals surface area contributed by atoms with Crippen LogP contribution < -0.4 is 5.73 Å². The van der Waals surface area contributed by atoms with E-state index in [1.54, 1.807) is 0 Å². The minimum Gasteiger partial charge on any atom is -0.398 e. The van der Waals surface area contributed by atoms with E-state index in [0.717, 1.165) is 22.4 Å². The summed E-state index contributed by atoms with van der Waals surface area (Å²) in [5, 5.41) is 9.90. The first-order valence-electron chi connectivity index (χ1n) is 10.5. The van der Waals surface area contributed by atoms with Crippen molar-refractivity contribution in [1.29, 1.82) is 0 Å². The largest absolute Gasteiger partial charge is 0.398 e. The molecule has 0 fully saturated rings. The van der Waals surface area contributed by atoms with Gasteiger partial charge in [0.25, 0.3) is 0 Å². The molecule has 0 aliphatic heterocycles. The highest BCUT2D eigenvalue weighted by Gasteiger charge is 2.20.